The minimum atomic E-state index is 0.537. The number of hydrogen-bond donors (Lipinski definition) is 1. The summed E-state index contributed by atoms with van der Waals surface area (Å²) in [4.78, 5) is 2.56. The van der Waals surface area contributed by atoms with Crippen LogP contribution >= 0.6 is 0 Å². The van der Waals surface area contributed by atoms with Crippen molar-refractivity contribution in [3.8, 4) is 5.75 Å². The number of methoxy groups -OCH3 is 1. The van der Waals surface area contributed by atoms with Gasteiger partial charge in [-0.15, -0.1) is 0 Å². The van der Waals surface area contributed by atoms with Crippen molar-refractivity contribution in [2.75, 3.05) is 33.3 Å². The lowest BCUT2D eigenvalue weighted by molar-refractivity contribution is 0.331. The fourth-order valence-electron chi connectivity index (χ4n) is 3.81. The van der Waals surface area contributed by atoms with E-state index < -0.39 is 0 Å². The molecule has 3 rings (SSSR count). The van der Waals surface area contributed by atoms with Crippen LogP contribution < -0.4 is 10.1 Å². The number of hydrogen-bond acceptors (Lipinski definition) is 3. The average Bonchev–Trinajstić information content (AvgIpc) is 3.00. The van der Waals surface area contributed by atoms with E-state index in [4.69, 9.17) is 4.74 Å². The van der Waals surface area contributed by atoms with Gasteiger partial charge in [-0.1, -0.05) is 13.0 Å². The van der Waals surface area contributed by atoms with Crippen LogP contribution in [-0.2, 0) is 6.42 Å². The van der Waals surface area contributed by atoms with Gasteiger partial charge in [0.2, 0.25) is 0 Å². The maximum absolute atomic E-state index is 5.35. The van der Waals surface area contributed by atoms with E-state index in [0.717, 1.165) is 18.2 Å². The molecule has 1 N–H and O–H groups in total. The molecule has 3 heteroatoms. The average molecular weight is 288 g/mol. The quantitative estimate of drug-likeness (QED) is 0.901. The largest absolute Gasteiger partial charge is 0.497 e. The predicted molar refractivity (Wildman–Crippen MR) is 86.9 cm³/mol. The Morgan fingerprint density at radius 1 is 1.33 bits per heavy atom. The van der Waals surface area contributed by atoms with Gasteiger partial charge in [0.1, 0.15) is 5.75 Å². The number of benzene rings is 1. The van der Waals surface area contributed by atoms with Crippen LogP contribution in [0.2, 0.25) is 0 Å². The molecule has 1 fully saturated rings. The zero-order valence-electron chi connectivity index (χ0n) is 13.4. The van der Waals surface area contributed by atoms with Crippen LogP contribution in [0.5, 0.6) is 5.75 Å². The summed E-state index contributed by atoms with van der Waals surface area (Å²) in [5.74, 6) is 1.82. The third-order valence-corrected chi connectivity index (χ3v) is 5.13. The van der Waals surface area contributed by atoms with Gasteiger partial charge in [-0.2, -0.15) is 0 Å². The van der Waals surface area contributed by atoms with Crippen molar-refractivity contribution in [2.45, 2.75) is 38.6 Å². The van der Waals surface area contributed by atoms with Crippen molar-refractivity contribution in [1.29, 1.82) is 0 Å². The lowest BCUT2D eigenvalue weighted by Crippen LogP contribution is -2.31. The molecule has 116 valence electrons. The Bertz CT molecular complexity index is 474. The van der Waals surface area contributed by atoms with Crippen LogP contribution in [0.4, 0.5) is 0 Å². The first-order valence-corrected chi connectivity index (χ1v) is 8.42. The number of ether oxygens (including phenoxy) is 1. The molecule has 1 aliphatic heterocycles. The van der Waals surface area contributed by atoms with Crippen molar-refractivity contribution in [3.63, 3.8) is 0 Å². The lowest BCUT2D eigenvalue weighted by atomic mass is 9.87. The topological polar surface area (TPSA) is 24.5 Å². The van der Waals surface area contributed by atoms with E-state index >= 15 is 0 Å². The van der Waals surface area contributed by atoms with Crippen LogP contribution in [0.25, 0.3) is 0 Å². The highest BCUT2D eigenvalue weighted by molar-refractivity contribution is 5.39. The van der Waals surface area contributed by atoms with Gasteiger partial charge in [0.05, 0.1) is 7.11 Å². The molecule has 0 spiro atoms. The molecule has 0 bridgehead atoms. The highest BCUT2D eigenvalue weighted by atomic mass is 16.5. The van der Waals surface area contributed by atoms with E-state index in [1.165, 1.54) is 56.4 Å². The zero-order valence-corrected chi connectivity index (χ0v) is 13.4. The van der Waals surface area contributed by atoms with E-state index in [0.29, 0.717) is 6.04 Å². The summed E-state index contributed by atoms with van der Waals surface area (Å²) in [6, 6.07) is 7.12. The van der Waals surface area contributed by atoms with Crippen molar-refractivity contribution in [3.05, 3.63) is 29.3 Å². The van der Waals surface area contributed by atoms with Crippen LogP contribution in [0.3, 0.4) is 0 Å². The molecule has 3 nitrogen and oxygen atoms in total. The predicted octanol–water partition coefficient (Wildman–Crippen LogP) is 3.00. The monoisotopic (exact) mass is 288 g/mol. The van der Waals surface area contributed by atoms with Crippen molar-refractivity contribution < 1.29 is 4.74 Å². The summed E-state index contributed by atoms with van der Waals surface area (Å²) in [6.07, 6.45) is 5.09. The summed E-state index contributed by atoms with van der Waals surface area (Å²) in [5, 5.41) is 3.83. The number of nitrogens with zero attached hydrogens (tertiary/aromatic N) is 1. The molecule has 2 unspecified atom stereocenters. The number of nitrogens with one attached hydrogen (secondary N) is 1. The highest BCUT2D eigenvalue weighted by Crippen LogP contribution is 2.32. The summed E-state index contributed by atoms with van der Waals surface area (Å²) in [6.45, 7) is 7.17. The van der Waals surface area contributed by atoms with Gasteiger partial charge in [-0.3, -0.25) is 0 Å². The first kappa shape index (κ1) is 14.9. The minimum absolute atomic E-state index is 0.537. The van der Waals surface area contributed by atoms with Gasteiger partial charge in [-0.25, -0.2) is 0 Å². The van der Waals surface area contributed by atoms with Crippen LogP contribution in [0.1, 0.15) is 43.4 Å². The third-order valence-electron chi connectivity index (χ3n) is 5.13. The van der Waals surface area contributed by atoms with Crippen molar-refractivity contribution >= 4 is 0 Å². The van der Waals surface area contributed by atoms with Gasteiger partial charge in [0, 0.05) is 12.6 Å². The Labute approximate surface area is 128 Å². The van der Waals surface area contributed by atoms with E-state index in [-0.39, 0.29) is 0 Å². The van der Waals surface area contributed by atoms with Gasteiger partial charge in [-0.05, 0) is 74.5 Å². The maximum atomic E-state index is 5.35. The summed E-state index contributed by atoms with van der Waals surface area (Å²) >= 11 is 0. The van der Waals surface area contributed by atoms with Gasteiger partial charge in [0.15, 0.2) is 0 Å². The molecule has 21 heavy (non-hydrogen) atoms. The van der Waals surface area contributed by atoms with Crippen LogP contribution in [0, 0.1) is 5.92 Å². The Hall–Kier alpha value is -1.06. The van der Waals surface area contributed by atoms with Gasteiger partial charge < -0.3 is 15.0 Å². The molecule has 2 aliphatic rings. The fourth-order valence-corrected chi connectivity index (χ4v) is 3.81. The second-order valence-corrected chi connectivity index (χ2v) is 6.47. The SMILES string of the molecule is CCN1CCC(CNC2CCCc3cc(OC)ccc32)C1. The standard InChI is InChI=1S/C18H28N2O/c1-3-20-10-9-14(13-20)12-19-18-6-4-5-15-11-16(21-2)7-8-17(15)18/h7-8,11,14,18-19H,3-6,9-10,12-13H2,1-2H3. The Morgan fingerprint density at radius 3 is 3.00 bits per heavy atom. The lowest BCUT2D eigenvalue weighted by Gasteiger charge is -2.28. The Kier molecular flexibility index (Phi) is 4.81. The number of fused-ring (bicyclic) bond motifs is 1. The molecule has 0 amide bonds. The molecule has 1 aliphatic carbocycles. The molecule has 1 aromatic rings. The molecule has 2 atom stereocenters. The molecule has 1 heterocycles. The molecule has 0 radical (unpaired) electrons. The van der Waals surface area contributed by atoms with E-state index in [1.807, 2.05) is 0 Å². The summed E-state index contributed by atoms with van der Waals surface area (Å²) < 4.78 is 5.35. The second-order valence-electron chi connectivity index (χ2n) is 6.47. The summed E-state index contributed by atoms with van der Waals surface area (Å²) in [5.41, 5.74) is 2.96. The highest BCUT2D eigenvalue weighted by Gasteiger charge is 2.24. The summed E-state index contributed by atoms with van der Waals surface area (Å²) in [7, 11) is 1.75. The molecule has 1 saturated heterocycles. The molecule has 0 aromatic heterocycles. The van der Waals surface area contributed by atoms with Crippen molar-refractivity contribution in [1.82, 2.24) is 10.2 Å². The molecular formula is C18H28N2O. The zero-order chi connectivity index (χ0) is 14.7. The van der Waals surface area contributed by atoms with E-state index in [2.05, 4.69) is 35.3 Å². The van der Waals surface area contributed by atoms with Crippen molar-refractivity contribution in [2.24, 2.45) is 5.92 Å². The molecular weight excluding hydrogens is 260 g/mol. The second kappa shape index (κ2) is 6.80. The maximum Gasteiger partial charge on any atom is 0.119 e. The smallest absolute Gasteiger partial charge is 0.119 e. The third kappa shape index (κ3) is 3.41. The normalized spacial score (nSPS) is 25.8. The number of rotatable bonds is 5. The molecule has 0 saturated carbocycles. The van der Waals surface area contributed by atoms with Gasteiger partial charge in [0.25, 0.3) is 0 Å². The first-order valence-electron chi connectivity index (χ1n) is 8.42. The first-order chi connectivity index (χ1) is 10.3. The van der Waals surface area contributed by atoms with E-state index in [1.54, 1.807) is 7.11 Å². The Balaban J connectivity index is 1.60. The fraction of sp³-hybridized carbons (Fsp3) is 0.667. The minimum Gasteiger partial charge on any atom is -0.497 e. The van der Waals surface area contributed by atoms with Crippen LogP contribution in [0.15, 0.2) is 18.2 Å². The Morgan fingerprint density at radius 2 is 2.24 bits per heavy atom. The number of aryl methyl sites for hydroxylation is 1. The number of likely N-dealkylation sites (tertiary alicyclic amines) is 1. The molecule has 1 aromatic carbocycles. The van der Waals surface area contributed by atoms with Gasteiger partial charge >= 0.3 is 0 Å². The van der Waals surface area contributed by atoms with Crippen LogP contribution in [-0.4, -0.2) is 38.2 Å². The van der Waals surface area contributed by atoms with E-state index in [9.17, 15) is 0 Å².